The molecule has 1 amide bonds. The highest BCUT2D eigenvalue weighted by Crippen LogP contribution is 2.27. The molecule has 8 nitrogen and oxygen atoms in total. The lowest BCUT2D eigenvalue weighted by atomic mass is 10.1. The van der Waals surface area contributed by atoms with E-state index < -0.39 is 17.1 Å². The number of H-pyrrole nitrogens is 1. The molecule has 8 heteroatoms. The van der Waals surface area contributed by atoms with Gasteiger partial charge in [-0.25, -0.2) is 9.36 Å². The first kappa shape index (κ1) is 20.8. The molecule has 0 aliphatic carbocycles. The Morgan fingerprint density at radius 1 is 1.13 bits per heavy atom. The number of anilines is 1. The molecule has 0 atom stereocenters. The molecule has 3 N–H and O–H groups in total. The summed E-state index contributed by atoms with van der Waals surface area (Å²) in [6.45, 7) is 5.06. The summed E-state index contributed by atoms with van der Waals surface area (Å²) in [4.78, 5) is 43.2. The first-order valence-electron chi connectivity index (χ1n) is 9.41. The average Bonchev–Trinajstić information content (AvgIpc) is 2.69. The number of rotatable bonds is 5. The van der Waals surface area contributed by atoms with Crippen LogP contribution in [0.3, 0.4) is 0 Å². The van der Waals surface area contributed by atoms with Gasteiger partial charge in [0.1, 0.15) is 5.56 Å². The molecule has 0 radical (unpaired) electrons. The van der Waals surface area contributed by atoms with Crippen molar-refractivity contribution in [2.24, 2.45) is 4.99 Å². The van der Waals surface area contributed by atoms with Crippen molar-refractivity contribution < 1.29 is 9.90 Å². The zero-order valence-electron chi connectivity index (χ0n) is 16.9. The quantitative estimate of drug-likeness (QED) is 0.565. The summed E-state index contributed by atoms with van der Waals surface area (Å²) in [7, 11) is 0. The number of carbonyl (C=O) groups is 1. The van der Waals surface area contributed by atoms with Crippen molar-refractivity contribution in [3.63, 3.8) is 0 Å². The average molecular weight is 406 g/mol. The monoisotopic (exact) mass is 406 g/mol. The number of nitrogens with one attached hydrogen (secondary N) is 2. The van der Waals surface area contributed by atoms with E-state index in [9.17, 15) is 19.5 Å². The summed E-state index contributed by atoms with van der Waals surface area (Å²) >= 11 is 0. The fourth-order valence-corrected chi connectivity index (χ4v) is 3.04. The Morgan fingerprint density at radius 2 is 1.80 bits per heavy atom. The standard InChI is InChI=1S/C22H22N4O4/c1-4-16(24-18-8-6-5-7-17(18)23-14(3)27)19-20(28)25-22(30)26(21(19)29)15-11-9-13(2)10-12-15/h5-12,29H,4H2,1-3H3,(H,23,27)(H,25,28,30). The van der Waals surface area contributed by atoms with E-state index >= 15 is 0 Å². The third-order valence-corrected chi connectivity index (χ3v) is 4.47. The summed E-state index contributed by atoms with van der Waals surface area (Å²) in [5.74, 6) is -0.755. The van der Waals surface area contributed by atoms with Crippen LogP contribution in [0.1, 0.15) is 31.4 Å². The second-order valence-corrected chi connectivity index (χ2v) is 6.74. The van der Waals surface area contributed by atoms with E-state index in [4.69, 9.17) is 0 Å². The van der Waals surface area contributed by atoms with Gasteiger partial charge in [0.15, 0.2) is 0 Å². The van der Waals surface area contributed by atoms with E-state index in [2.05, 4.69) is 15.3 Å². The molecule has 1 aromatic heterocycles. The molecule has 154 valence electrons. The van der Waals surface area contributed by atoms with Crippen LogP contribution in [0.5, 0.6) is 5.88 Å². The second kappa shape index (κ2) is 8.60. The topological polar surface area (TPSA) is 117 Å². The molecule has 30 heavy (non-hydrogen) atoms. The first-order valence-corrected chi connectivity index (χ1v) is 9.41. The maximum absolute atomic E-state index is 12.6. The molecular formula is C22H22N4O4. The maximum atomic E-state index is 12.6. The lowest BCUT2D eigenvalue weighted by Crippen LogP contribution is -2.33. The van der Waals surface area contributed by atoms with Crippen molar-refractivity contribution >= 4 is 23.0 Å². The summed E-state index contributed by atoms with van der Waals surface area (Å²) in [5.41, 5.74) is 0.978. The van der Waals surface area contributed by atoms with Gasteiger partial charge >= 0.3 is 5.69 Å². The SMILES string of the molecule is CCC(=Nc1ccccc1NC(C)=O)c1c(O)n(-c2ccc(C)cc2)c(=O)[nH]c1=O. The molecule has 0 aliphatic rings. The van der Waals surface area contributed by atoms with Gasteiger partial charge in [-0.05, 0) is 37.6 Å². The minimum atomic E-state index is -0.751. The van der Waals surface area contributed by atoms with Crippen LogP contribution in [0.25, 0.3) is 5.69 Å². The predicted octanol–water partition coefficient (Wildman–Crippen LogP) is 3.03. The summed E-state index contributed by atoms with van der Waals surface area (Å²) in [5, 5.41) is 13.5. The number of hydrogen-bond donors (Lipinski definition) is 3. The van der Waals surface area contributed by atoms with E-state index in [1.165, 1.54) is 6.92 Å². The summed E-state index contributed by atoms with van der Waals surface area (Å²) < 4.78 is 1.03. The minimum Gasteiger partial charge on any atom is -0.493 e. The number of benzene rings is 2. The fourth-order valence-electron chi connectivity index (χ4n) is 3.04. The lowest BCUT2D eigenvalue weighted by molar-refractivity contribution is -0.114. The predicted molar refractivity (Wildman–Crippen MR) is 116 cm³/mol. The fraction of sp³-hybridized carbons (Fsp3) is 0.182. The summed E-state index contributed by atoms with van der Waals surface area (Å²) in [6.07, 6.45) is 0.303. The number of nitrogens with zero attached hydrogens (tertiary/aromatic N) is 2. The van der Waals surface area contributed by atoms with E-state index in [0.717, 1.165) is 10.1 Å². The number of aromatic nitrogens is 2. The number of aryl methyl sites for hydroxylation is 1. The van der Waals surface area contributed by atoms with Crippen LogP contribution in [0, 0.1) is 6.92 Å². The van der Waals surface area contributed by atoms with Gasteiger partial charge in [0.05, 0.1) is 22.8 Å². The van der Waals surface area contributed by atoms with Crippen molar-refractivity contribution in [2.75, 3.05) is 5.32 Å². The molecule has 0 aliphatic heterocycles. The van der Waals surface area contributed by atoms with Crippen LogP contribution in [-0.4, -0.2) is 26.3 Å². The highest BCUT2D eigenvalue weighted by molar-refractivity contribution is 6.04. The number of carbonyl (C=O) groups excluding carboxylic acids is 1. The Hall–Kier alpha value is -3.94. The van der Waals surface area contributed by atoms with Gasteiger partial charge in [-0.1, -0.05) is 36.8 Å². The number of aliphatic imine (C=N–C) groups is 1. The summed E-state index contributed by atoms with van der Waals surface area (Å²) in [6, 6.07) is 13.8. The van der Waals surface area contributed by atoms with Crippen molar-refractivity contribution in [3.8, 4) is 11.6 Å². The van der Waals surface area contributed by atoms with Crippen molar-refractivity contribution in [1.29, 1.82) is 0 Å². The van der Waals surface area contributed by atoms with E-state index in [1.807, 2.05) is 6.92 Å². The van der Waals surface area contributed by atoms with E-state index in [0.29, 0.717) is 23.5 Å². The molecule has 3 aromatic rings. The number of aromatic hydroxyl groups is 1. The van der Waals surface area contributed by atoms with Crippen molar-refractivity contribution in [1.82, 2.24) is 9.55 Å². The maximum Gasteiger partial charge on any atom is 0.335 e. The first-order chi connectivity index (χ1) is 14.3. The Labute approximate surface area is 172 Å². The van der Waals surface area contributed by atoms with Gasteiger partial charge in [-0.15, -0.1) is 0 Å². The van der Waals surface area contributed by atoms with Gasteiger partial charge in [0, 0.05) is 6.92 Å². The number of hydrogen-bond acceptors (Lipinski definition) is 5. The van der Waals surface area contributed by atoms with Gasteiger partial charge in [-0.3, -0.25) is 19.6 Å². The zero-order valence-corrected chi connectivity index (χ0v) is 16.9. The second-order valence-electron chi connectivity index (χ2n) is 6.74. The van der Waals surface area contributed by atoms with Crippen molar-refractivity contribution in [2.45, 2.75) is 27.2 Å². The van der Waals surface area contributed by atoms with E-state index in [1.54, 1.807) is 55.5 Å². The molecule has 1 heterocycles. The van der Waals surface area contributed by atoms with Crippen LogP contribution in [0.15, 0.2) is 63.1 Å². The smallest absolute Gasteiger partial charge is 0.335 e. The Balaban J connectivity index is 2.21. The Morgan fingerprint density at radius 3 is 2.43 bits per heavy atom. The van der Waals surface area contributed by atoms with Gasteiger partial charge in [-0.2, -0.15) is 0 Å². The molecule has 0 bridgehead atoms. The van der Waals surface area contributed by atoms with Crippen LogP contribution in [0.2, 0.25) is 0 Å². The normalized spacial score (nSPS) is 11.4. The molecule has 0 spiro atoms. The number of aromatic amines is 1. The number of amides is 1. The lowest BCUT2D eigenvalue weighted by Gasteiger charge is -2.13. The number of para-hydroxylation sites is 2. The zero-order chi connectivity index (χ0) is 21.8. The van der Waals surface area contributed by atoms with Gasteiger partial charge in [0.25, 0.3) is 5.56 Å². The van der Waals surface area contributed by atoms with Gasteiger partial charge < -0.3 is 10.4 Å². The largest absolute Gasteiger partial charge is 0.493 e. The Kier molecular flexibility index (Phi) is 5.96. The highest BCUT2D eigenvalue weighted by atomic mass is 16.3. The third-order valence-electron chi connectivity index (χ3n) is 4.47. The van der Waals surface area contributed by atoms with Crippen molar-refractivity contribution in [3.05, 3.63) is 80.5 Å². The molecule has 0 unspecified atom stereocenters. The van der Waals surface area contributed by atoms with E-state index in [-0.39, 0.29) is 17.2 Å². The third kappa shape index (κ3) is 4.22. The molecule has 0 fully saturated rings. The van der Waals surface area contributed by atoms with Crippen LogP contribution < -0.4 is 16.6 Å². The molecular weight excluding hydrogens is 384 g/mol. The minimum absolute atomic E-state index is 0.102. The van der Waals surface area contributed by atoms with Crippen LogP contribution in [-0.2, 0) is 4.79 Å². The molecule has 2 aromatic carbocycles. The Bertz CT molecular complexity index is 1240. The van der Waals surface area contributed by atoms with Crippen LogP contribution in [0.4, 0.5) is 11.4 Å². The van der Waals surface area contributed by atoms with Crippen LogP contribution >= 0.6 is 0 Å². The molecule has 3 rings (SSSR count). The van der Waals surface area contributed by atoms with Gasteiger partial charge in [0.2, 0.25) is 11.8 Å². The highest BCUT2D eigenvalue weighted by Gasteiger charge is 2.20. The molecule has 0 saturated heterocycles. The molecule has 0 saturated carbocycles.